The van der Waals surface area contributed by atoms with Crippen molar-refractivity contribution in [2.24, 2.45) is 5.92 Å². The molecule has 2 atom stereocenters. The van der Waals surface area contributed by atoms with Crippen LogP contribution in [-0.2, 0) is 0 Å². The van der Waals surface area contributed by atoms with Gasteiger partial charge in [-0.2, -0.15) is 0 Å². The number of halogens is 1. The second-order valence-corrected chi connectivity index (χ2v) is 6.56. The number of hydrogen-bond donors (Lipinski definition) is 2. The number of aromatic nitrogens is 3. The molecule has 1 aliphatic rings. The first-order valence-electron chi connectivity index (χ1n) is 7.41. The SMILES string of the molecule is Cc1nc(-c2ncccn2)sc1C(=O)NC1CCNCC1C.Cl. The molecule has 2 aromatic heterocycles. The van der Waals surface area contributed by atoms with Gasteiger partial charge in [-0.25, -0.2) is 15.0 Å². The Morgan fingerprint density at radius 2 is 2.13 bits per heavy atom. The highest BCUT2D eigenvalue weighted by atomic mass is 35.5. The zero-order valence-electron chi connectivity index (χ0n) is 13.1. The third kappa shape index (κ3) is 4.04. The van der Waals surface area contributed by atoms with E-state index in [-0.39, 0.29) is 24.4 Å². The number of rotatable bonds is 3. The molecule has 124 valence electrons. The number of carbonyl (C=O) groups excluding carboxylic acids is 1. The summed E-state index contributed by atoms with van der Waals surface area (Å²) < 4.78 is 0. The quantitative estimate of drug-likeness (QED) is 0.882. The molecule has 0 saturated carbocycles. The first-order chi connectivity index (χ1) is 10.6. The Morgan fingerprint density at radius 3 is 2.83 bits per heavy atom. The second kappa shape index (κ2) is 7.81. The van der Waals surface area contributed by atoms with Gasteiger partial charge < -0.3 is 10.6 Å². The summed E-state index contributed by atoms with van der Waals surface area (Å²) in [5.41, 5.74) is 0.728. The summed E-state index contributed by atoms with van der Waals surface area (Å²) >= 11 is 1.35. The van der Waals surface area contributed by atoms with Crippen molar-refractivity contribution in [3.05, 3.63) is 29.0 Å². The fourth-order valence-corrected chi connectivity index (χ4v) is 3.49. The highest BCUT2D eigenvalue weighted by molar-refractivity contribution is 7.17. The fraction of sp³-hybridized carbons (Fsp3) is 0.467. The number of hydrogen-bond acceptors (Lipinski definition) is 6. The average molecular weight is 354 g/mol. The Labute approximate surface area is 145 Å². The Balaban J connectivity index is 0.00000192. The van der Waals surface area contributed by atoms with E-state index in [2.05, 4.69) is 32.5 Å². The van der Waals surface area contributed by atoms with Gasteiger partial charge >= 0.3 is 0 Å². The fourth-order valence-electron chi connectivity index (χ4n) is 2.57. The maximum absolute atomic E-state index is 12.5. The smallest absolute Gasteiger partial charge is 0.263 e. The van der Waals surface area contributed by atoms with Crippen LogP contribution in [-0.4, -0.2) is 40.0 Å². The molecule has 8 heteroatoms. The Hall–Kier alpha value is -1.57. The molecule has 0 aliphatic carbocycles. The van der Waals surface area contributed by atoms with Crippen LogP contribution >= 0.6 is 23.7 Å². The normalized spacial score (nSPS) is 20.6. The maximum Gasteiger partial charge on any atom is 0.263 e. The molecule has 1 amide bonds. The van der Waals surface area contributed by atoms with Gasteiger partial charge in [0.25, 0.3) is 5.91 Å². The van der Waals surface area contributed by atoms with E-state index in [9.17, 15) is 4.79 Å². The van der Waals surface area contributed by atoms with Crippen molar-refractivity contribution in [3.63, 3.8) is 0 Å². The third-order valence-corrected chi connectivity index (χ3v) is 5.01. The van der Waals surface area contributed by atoms with Crippen LogP contribution in [0.1, 0.15) is 28.7 Å². The molecule has 2 unspecified atom stereocenters. The minimum absolute atomic E-state index is 0. The molecule has 0 aromatic carbocycles. The monoisotopic (exact) mass is 353 g/mol. The van der Waals surface area contributed by atoms with Crippen molar-refractivity contribution >= 4 is 29.7 Å². The lowest BCUT2D eigenvalue weighted by Crippen LogP contribution is -2.48. The van der Waals surface area contributed by atoms with Gasteiger partial charge in [-0.05, 0) is 38.4 Å². The van der Waals surface area contributed by atoms with E-state index in [4.69, 9.17) is 0 Å². The first kappa shape index (κ1) is 17.8. The lowest BCUT2D eigenvalue weighted by Gasteiger charge is -2.30. The summed E-state index contributed by atoms with van der Waals surface area (Å²) in [7, 11) is 0. The zero-order valence-corrected chi connectivity index (χ0v) is 14.7. The van der Waals surface area contributed by atoms with Crippen LogP contribution in [0, 0.1) is 12.8 Å². The van der Waals surface area contributed by atoms with Gasteiger partial charge in [0.05, 0.1) is 5.69 Å². The number of piperidine rings is 1. The van der Waals surface area contributed by atoms with Gasteiger partial charge in [-0.1, -0.05) is 6.92 Å². The van der Waals surface area contributed by atoms with Crippen LogP contribution in [0.2, 0.25) is 0 Å². The molecule has 2 N–H and O–H groups in total. The van der Waals surface area contributed by atoms with Crippen molar-refractivity contribution in [2.75, 3.05) is 13.1 Å². The Morgan fingerprint density at radius 1 is 1.39 bits per heavy atom. The highest BCUT2D eigenvalue weighted by Gasteiger charge is 2.25. The van der Waals surface area contributed by atoms with Crippen molar-refractivity contribution in [1.29, 1.82) is 0 Å². The lowest BCUT2D eigenvalue weighted by atomic mass is 9.95. The van der Waals surface area contributed by atoms with Crippen LogP contribution in [0.25, 0.3) is 10.8 Å². The van der Waals surface area contributed by atoms with Crippen molar-refractivity contribution in [2.45, 2.75) is 26.3 Å². The summed E-state index contributed by atoms with van der Waals surface area (Å²) in [4.78, 5) is 26.0. The van der Waals surface area contributed by atoms with Gasteiger partial charge in [-0.3, -0.25) is 4.79 Å². The molecule has 3 rings (SSSR count). The Bertz CT molecular complexity index is 663. The minimum atomic E-state index is -0.0454. The molecule has 1 aliphatic heterocycles. The first-order valence-corrected chi connectivity index (χ1v) is 8.23. The standard InChI is InChI=1S/C15H19N5OS.ClH/c1-9-8-16-7-4-11(9)20-14(21)12-10(2)19-15(22-12)13-17-5-3-6-18-13;/h3,5-6,9,11,16H,4,7-8H2,1-2H3,(H,20,21);1H. The van der Waals surface area contributed by atoms with E-state index in [1.54, 1.807) is 18.5 Å². The lowest BCUT2D eigenvalue weighted by molar-refractivity contribution is 0.0917. The molecule has 2 aromatic rings. The van der Waals surface area contributed by atoms with Crippen LogP contribution < -0.4 is 10.6 Å². The Kier molecular flexibility index (Phi) is 6.04. The van der Waals surface area contributed by atoms with Crippen molar-refractivity contribution in [1.82, 2.24) is 25.6 Å². The van der Waals surface area contributed by atoms with Crippen LogP contribution in [0.15, 0.2) is 18.5 Å². The molecule has 0 radical (unpaired) electrons. The van der Waals surface area contributed by atoms with E-state index in [0.29, 0.717) is 21.6 Å². The predicted octanol–water partition coefficient (Wildman–Crippen LogP) is 2.06. The van der Waals surface area contributed by atoms with E-state index in [1.807, 2.05) is 6.92 Å². The van der Waals surface area contributed by atoms with E-state index < -0.39 is 0 Å². The summed E-state index contributed by atoms with van der Waals surface area (Å²) in [6.07, 6.45) is 4.31. The zero-order chi connectivity index (χ0) is 15.5. The molecule has 1 saturated heterocycles. The maximum atomic E-state index is 12.5. The minimum Gasteiger partial charge on any atom is -0.348 e. The van der Waals surface area contributed by atoms with Crippen LogP contribution in [0.4, 0.5) is 0 Å². The number of nitrogens with one attached hydrogen (secondary N) is 2. The predicted molar refractivity (Wildman–Crippen MR) is 93.0 cm³/mol. The molecular formula is C15H20ClN5OS. The van der Waals surface area contributed by atoms with Gasteiger partial charge in [0, 0.05) is 18.4 Å². The van der Waals surface area contributed by atoms with Gasteiger partial charge in [-0.15, -0.1) is 23.7 Å². The third-order valence-electron chi connectivity index (χ3n) is 3.86. The number of amides is 1. The summed E-state index contributed by atoms with van der Waals surface area (Å²) in [6, 6.07) is 1.97. The highest BCUT2D eigenvalue weighted by Crippen LogP contribution is 2.25. The largest absolute Gasteiger partial charge is 0.348 e. The van der Waals surface area contributed by atoms with Gasteiger partial charge in [0.15, 0.2) is 10.8 Å². The molecule has 1 fully saturated rings. The topological polar surface area (TPSA) is 79.8 Å². The number of thiazole rings is 1. The number of nitrogens with zero attached hydrogens (tertiary/aromatic N) is 3. The number of aryl methyl sites for hydroxylation is 1. The number of carbonyl (C=O) groups is 1. The molecule has 3 heterocycles. The van der Waals surface area contributed by atoms with Crippen LogP contribution in [0.5, 0.6) is 0 Å². The van der Waals surface area contributed by atoms with Gasteiger partial charge in [0.2, 0.25) is 0 Å². The van der Waals surface area contributed by atoms with Crippen molar-refractivity contribution < 1.29 is 4.79 Å². The second-order valence-electron chi connectivity index (χ2n) is 5.56. The molecule has 6 nitrogen and oxygen atoms in total. The van der Waals surface area contributed by atoms with Crippen LogP contribution in [0.3, 0.4) is 0 Å². The molecule has 0 bridgehead atoms. The van der Waals surface area contributed by atoms with E-state index in [1.165, 1.54) is 11.3 Å². The average Bonchev–Trinajstić information content (AvgIpc) is 2.92. The summed E-state index contributed by atoms with van der Waals surface area (Å²) in [6.45, 7) is 5.89. The molecular weight excluding hydrogens is 334 g/mol. The van der Waals surface area contributed by atoms with E-state index >= 15 is 0 Å². The summed E-state index contributed by atoms with van der Waals surface area (Å²) in [5.74, 6) is 0.948. The summed E-state index contributed by atoms with van der Waals surface area (Å²) in [5, 5.41) is 7.16. The molecule has 0 spiro atoms. The van der Waals surface area contributed by atoms with E-state index in [0.717, 1.165) is 25.2 Å². The molecule has 23 heavy (non-hydrogen) atoms. The van der Waals surface area contributed by atoms with Gasteiger partial charge in [0.1, 0.15) is 4.88 Å². The van der Waals surface area contributed by atoms with Crippen molar-refractivity contribution in [3.8, 4) is 10.8 Å².